The fourth-order valence-corrected chi connectivity index (χ4v) is 3.27. The molecule has 0 spiro atoms. The number of methoxy groups -OCH3 is 1. The summed E-state index contributed by atoms with van der Waals surface area (Å²) < 4.78 is 7.26. The van der Waals surface area contributed by atoms with Crippen LogP contribution in [-0.2, 0) is 6.54 Å². The number of rotatable bonds is 8. The second-order valence-corrected chi connectivity index (χ2v) is 6.74. The Bertz CT molecular complexity index is 910. The lowest BCUT2D eigenvalue weighted by atomic mass is 10.2. The predicted molar refractivity (Wildman–Crippen MR) is 102 cm³/mol. The van der Waals surface area contributed by atoms with Gasteiger partial charge in [-0.1, -0.05) is 13.3 Å². The number of ether oxygens (including phenoxy) is 1. The van der Waals surface area contributed by atoms with E-state index in [1.54, 1.807) is 13.2 Å². The molecule has 0 aliphatic carbocycles. The van der Waals surface area contributed by atoms with Crippen molar-refractivity contribution in [3.63, 3.8) is 0 Å². The maximum atomic E-state index is 10.8. The molecule has 140 valence electrons. The van der Waals surface area contributed by atoms with Crippen LogP contribution in [0, 0.1) is 10.1 Å². The van der Waals surface area contributed by atoms with Crippen LogP contribution in [0.3, 0.4) is 0 Å². The first-order valence-corrected chi connectivity index (χ1v) is 9.30. The van der Waals surface area contributed by atoms with Gasteiger partial charge < -0.3 is 9.30 Å². The molecule has 0 aliphatic rings. The lowest BCUT2D eigenvalue weighted by Crippen LogP contribution is -2.02. The highest BCUT2D eigenvalue weighted by Crippen LogP contribution is 2.30. The summed E-state index contributed by atoms with van der Waals surface area (Å²) in [6.45, 7) is 2.91. The van der Waals surface area contributed by atoms with Crippen LogP contribution in [0.25, 0.3) is 11.4 Å². The molecular formula is C18H19N5O3S. The Labute approximate surface area is 160 Å². The zero-order valence-corrected chi connectivity index (χ0v) is 15.8. The lowest BCUT2D eigenvalue weighted by Gasteiger charge is -2.09. The van der Waals surface area contributed by atoms with Crippen molar-refractivity contribution in [1.29, 1.82) is 0 Å². The topological polar surface area (TPSA) is 96.0 Å². The third-order valence-electron chi connectivity index (χ3n) is 3.93. The van der Waals surface area contributed by atoms with E-state index in [4.69, 9.17) is 4.74 Å². The molecule has 0 atom stereocenters. The SMILES string of the molecule is CCCCn1c(Sc2ccc([N+](=O)[O-])cn2)nnc1-c1ccc(OC)cc1. The lowest BCUT2D eigenvalue weighted by molar-refractivity contribution is -0.385. The van der Waals surface area contributed by atoms with Gasteiger partial charge in [-0.25, -0.2) is 4.98 Å². The van der Waals surface area contributed by atoms with Crippen molar-refractivity contribution >= 4 is 17.4 Å². The fraction of sp³-hybridized carbons (Fsp3) is 0.278. The molecule has 0 amide bonds. The highest BCUT2D eigenvalue weighted by molar-refractivity contribution is 7.99. The summed E-state index contributed by atoms with van der Waals surface area (Å²) in [4.78, 5) is 14.5. The Kier molecular flexibility index (Phi) is 6.02. The molecule has 27 heavy (non-hydrogen) atoms. The van der Waals surface area contributed by atoms with E-state index in [0.717, 1.165) is 36.5 Å². The number of nitrogens with zero attached hydrogens (tertiary/aromatic N) is 5. The molecule has 3 aromatic rings. The van der Waals surface area contributed by atoms with E-state index in [1.165, 1.54) is 24.0 Å². The molecule has 0 unspecified atom stereocenters. The second-order valence-electron chi connectivity index (χ2n) is 5.75. The maximum Gasteiger partial charge on any atom is 0.287 e. The largest absolute Gasteiger partial charge is 0.497 e. The van der Waals surface area contributed by atoms with Gasteiger partial charge in [0.1, 0.15) is 17.0 Å². The number of aromatic nitrogens is 4. The molecule has 2 heterocycles. The van der Waals surface area contributed by atoms with E-state index in [2.05, 4.69) is 26.7 Å². The Morgan fingerprint density at radius 1 is 1.19 bits per heavy atom. The first-order valence-electron chi connectivity index (χ1n) is 8.48. The van der Waals surface area contributed by atoms with Crippen LogP contribution in [0.4, 0.5) is 5.69 Å². The molecule has 0 radical (unpaired) electrons. The number of pyridine rings is 1. The number of hydrogen-bond donors (Lipinski definition) is 0. The van der Waals surface area contributed by atoms with Gasteiger partial charge in [0, 0.05) is 18.2 Å². The van der Waals surface area contributed by atoms with Gasteiger partial charge in [-0.2, -0.15) is 0 Å². The summed E-state index contributed by atoms with van der Waals surface area (Å²) in [5.41, 5.74) is 0.911. The number of benzene rings is 1. The van der Waals surface area contributed by atoms with Gasteiger partial charge in [0.05, 0.1) is 12.0 Å². The minimum Gasteiger partial charge on any atom is -0.497 e. The monoisotopic (exact) mass is 385 g/mol. The van der Waals surface area contributed by atoms with Gasteiger partial charge in [-0.05, 0) is 48.5 Å². The van der Waals surface area contributed by atoms with Crippen molar-refractivity contribution in [3.8, 4) is 17.1 Å². The highest BCUT2D eigenvalue weighted by Gasteiger charge is 2.16. The molecule has 8 nitrogen and oxygen atoms in total. The summed E-state index contributed by atoms with van der Waals surface area (Å²) in [5.74, 6) is 1.55. The third kappa shape index (κ3) is 4.43. The molecule has 1 aromatic carbocycles. The van der Waals surface area contributed by atoms with Crippen LogP contribution in [0.2, 0.25) is 0 Å². The smallest absolute Gasteiger partial charge is 0.287 e. The van der Waals surface area contributed by atoms with Crippen LogP contribution in [0.1, 0.15) is 19.8 Å². The normalized spacial score (nSPS) is 10.7. The van der Waals surface area contributed by atoms with Gasteiger partial charge in [0.25, 0.3) is 5.69 Å². The van der Waals surface area contributed by atoms with E-state index in [-0.39, 0.29) is 5.69 Å². The van der Waals surface area contributed by atoms with Crippen molar-refractivity contribution in [1.82, 2.24) is 19.7 Å². The van der Waals surface area contributed by atoms with Crippen molar-refractivity contribution in [2.45, 2.75) is 36.5 Å². The summed E-state index contributed by atoms with van der Waals surface area (Å²) in [7, 11) is 1.63. The zero-order valence-electron chi connectivity index (χ0n) is 15.0. The molecule has 0 saturated carbocycles. The highest BCUT2D eigenvalue weighted by atomic mass is 32.2. The Morgan fingerprint density at radius 2 is 1.96 bits per heavy atom. The second kappa shape index (κ2) is 8.63. The van der Waals surface area contributed by atoms with E-state index < -0.39 is 4.92 Å². The predicted octanol–water partition coefficient (Wildman–Crippen LogP) is 4.21. The van der Waals surface area contributed by atoms with E-state index >= 15 is 0 Å². The first-order chi connectivity index (χ1) is 13.1. The summed E-state index contributed by atoms with van der Waals surface area (Å²) in [5, 5.41) is 20.8. The molecule has 0 aliphatic heterocycles. The average Bonchev–Trinajstić information content (AvgIpc) is 3.09. The number of hydrogen-bond acceptors (Lipinski definition) is 7. The Balaban J connectivity index is 1.90. The van der Waals surface area contributed by atoms with Gasteiger partial charge >= 0.3 is 0 Å². The molecular weight excluding hydrogens is 366 g/mol. The van der Waals surface area contributed by atoms with Crippen molar-refractivity contribution < 1.29 is 9.66 Å². The summed E-state index contributed by atoms with van der Waals surface area (Å²) >= 11 is 1.34. The van der Waals surface area contributed by atoms with Crippen LogP contribution < -0.4 is 4.74 Å². The standard InChI is InChI=1S/C18H19N5O3S/c1-3-4-11-22-17(13-5-8-15(26-2)9-6-13)20-21-18(22)27-16-10-7-14(12-19-16)23(24)25/h5-10,12H,3-4,11H2,1-2H3. The fourth-order valence-electron chi connectivity index (χ4n) is 2.47. The third-order valence-corrected chi connectivity index (χ3v) is 4.86. The Hall–Kier alpha value is -2.94. The molecule has 0 N–H and O–H groups in total. The van der Waals surface area contributed by atoms with Gasteiger partial charge in [-0.15, -0.1) is 10.2 Å². The summed E-state index contributed by atoms with van der Waals surface area (Å²) in [6.07, 6.45) is 3.28. The molecule has 0 fully saturated rings. The molecule has 0 saturated heterocycles. The average molecular weight is 385 g/mol. The first kappa shape index (κ1) is 18.8. The van der Waals surface area contributed by atoms with Crippen LogP contribution in [0.5, 0.6) is 5.75 Å². The van der Waals surface area contributed by atoms with Crippen LogP contribution in [0.15, 0.2) is 52.8 Å². The van der Waals surface area contributed by atoms with Gasteiger partial charge in [0.2, 0.25) is 0 Å². The van der Waals surface area contributed by atoms with E-state index in [1.807, 2.05) is 24.3 Å². The Morgan fingerprint density at radius 3 is 2.56 bits per heavy atom. The zero-order chi connectivity index (χ0) is 19.2. The van der Waals surface area contributed by atoms with Crippen LogP contribution in [-0.4, -0.2) is 31.8 Å². The number of unbranched alkanes of at least 4 members (excludes halogenated alkanes) is 1. The quantitative estimate of drug-likeness (QED) is 0.423. The molecule has 2 aromatic heterocycles. The van der Waals surface area contributed by atoms with E-state index in [9.17, 15) is 10.1 Å². The minimum absolute atomic E-state index is 0.0364. The van der Waals surface area contributed by atoms with Crippen molar-refractivity contribution in [3.05, 3.63) is 52.7 Å². The summed E-state index contributed by atoms with van der Waals surface area (Å²) in [6, 6.07) is 10.7. The van der Waals surface area contributed by atoms with E-state index in [0.29, 0.717) is 10.2 Å². The van der Waals surface area contributed by atoms with Crippen molar-refractivity contribution in [2.24, 2.45) is 0 Å². The van der Waals surface area contributed by atoms with Gasteiger partial charge in [0.15, 0.2) is 11.0 Å². The molecule has 0 bridgehead atoms. The number of nitro groups is 1. The van der Waals surface area contributed by atoms with Crippen molar-refractivity contribution in [2.75, 3.05) is 7.11 Å². The molecule has 3 rings (SSSR count). The minimum atomic E-state index is -0.465. The van der Waals surface area contributed by atoms with Gasteiger partial charge in [-0.3, -0.25) is 10.1 Å². The molecule has 9 heteroatoms. The maximum absolute atomic E-state index is 10.8. The van der Waals surface area contributed by atoms with Crippen LogP contribution >= 0.6 is 11.8 Å².